The summed E-state index contributed by atoms with van der Waals surface area (Å²) in [5, 5.41) is 15.3. The molecule has 0 aliphatic rings. The van der Waals surface area contributed by atoms with Crippen LogP contribution in [0.1, 0.15) is 48.7 Å². The SMILES string of the molecule is CCc1noc(CC)c1CNC(=NC)NCCCn1nc(C)cc1C.I. The van der Waals surface area contributed by atoms with Gasteiger partial charge in [-0.15, -0.1) is 24.0 Å². The van der Waals surface area contributed by atoms with Crippen molar-refractivity contribution in [3.8, 4) is 0 Å². The Balaban J connectivity index is 0.00000338. The van der Waals surface area contributed by atoms with Crippen molar-refractivity contribution >= 4 is 29.9 Å². The van der Waals surface area contributed by atoms with Crippen molar-refractivity contribution in [2.24, 2.45) is 4.99 Å². The Bertz CT molecular complexity index is 685. The summed E-state index contributed by atoms with van der Waals surface area (Å²) in [6, 6.07) is 2.10. The number of aromatic nitrogens is 3. The van der Waals surface area contributed by atoms with E-state index in [0.29, 0.717) is 6.54 Å². The number of halogens is 1. The molecule has 0 aliphatic heterocycles. The third-order valence-corrected chi connectivity index (χ3v) is 4.21. The standard InChI is InChI=1S/C18H30N6O.HI/c1-6-16-15(17(7-2)25-23-16)12-21-18(19-5)20-9-8-10-24-14(4)11-13(3)22-24;/h11H,6-10,12H2,1-5H3,(H2,19,20,21);1H. The average Bonchev–Trinajstić information content (AvgIpc) is 3.15. The fraction of sp³-hybridized carbons (Fsp3) is 0.611. The molecule has 2 aromatic heterocycles. The number of hydrogen-bond acceptors (Lipinski definition) is 4. The predicted molar refractivity (Wildman–Crippen MR) is 115 cm³/mol. The molecule has 0 spiro atoms. The Kier molecular flexibility index (Phi) is 9.68. The lowest BCUT2D eigenvalue weighted by molar-refractivity contribution is 0.380. The van der Waals surface area contributed by atoms with Gasteiger partial charge in [0, 0.05) is 44.4 Å². The van der Waals surface area contributed by atoms with Crippen molar-refractivity contribution in [3.05, 3.63) is 34.5 Å². The smallest absolute Gasteiger partial charge is 0.191 e. The first-order valence-electron chi connectivity index (χ1n) is 9.00. The maximum atomic E-state index is 5.40. The number of aryl methyl sites for hydroxylation is 5. The van der Waals surface area contributed by atoms with Gasteiger partial charge in [0.2, 0.25) is 0 Å². The van der Waals surface area contributed by atoms with E-state index in [4.69, 9.17) is 4.52 Å². The van der Waals surface area contributed by atoms with E-state index in [9.17, 15) is 0 Å². The first-order valence-corrected chi connectivity index (χ1v) is 9.00. The van der Waals surface area contributed by atoms with Gasteiger partial charge in [-0.25, -0.2) is 0 Å². The highest BCUT2D eigenvalue weighted by Crippen LogP contribution is 2.15. The van der Waals surface area contributed by atoms with Crippen molar-refractivity contribution in [1.29, 1.82) is 0 Å². The molecule has 26 heavy (non-hydrogen) atoms. The zero-order valence-corrected chi connectivity index (χ0v) is 18.8. The molecule has 0 aliphatic carbocycles. The minimum Gasteiger partial charge on any atom is -0.361 e. The third kappa shape index (κ3) is 6.00. The highest BCUT2D eigenvalue weighted by Gasteiger charge is 2.13. The molecule has 0 saturated carbocycles. The Hall–Kier alpha value is -1.58. The zero-order chi connectivity index (χ0) is 18.2. The summed E-state index contributed by atoms with van der Waals surface area (Å²) in [6.07, 6.45) is 2.70. The Morgan fingerprint density at radius 1 is 1.23 bits per heavy atom. The van der Waals surface area contributed by atoms with E-state index < -0.39 is 0 Å². The summed E-state index contributed by atoms with van der Waals surface area (Å²) in [7, 11) is 1.78. The summed E-state index contributed by atoms with van der Waals surface area (Å²) in [5.74, 6) is 1.74. The second kappa shape index (κ2) is 11.2. The second-order valence-corrected chi connectivity index (χ2v) is 6.09. The van der Waals surface area contributed by atoms with Crippen molar-refractivity contribution in [2.75, 3.05) is 13.6 Å². The molecule has 0 aromatic carbocycles. The van der Waals surface area contributed by atoms with Crippen LogP contribution in [0.5, 0.6) is 0 Å². The van der Waals surface area contributed by atoms with Crippen molar-refractivity contribution in [3.63, 3.8) is 0 Å². The van der Waals surface area contributed by atoms with E-state index in [2.05, 4.69) is 52.7 Å². The van der Waals surface area contributed by atoms with Gasteiger partial charge in [0.15, 0.2) is 5.96 Å². The maximum Gasteiger partial charge on any atom is 0.191 e. The van der Waals surface area contributed by atoms with Crippen LogP contribution in [0.25, 0.3) is 0 Å². The molecule has 2 heterocycles. The van der Waals surface area contributed by atoms with E-state index in [1.165, 1.54) is 5.69 Å². The van der Waals surface area contributed by atoms with Crippen molar-refractivity contribution in [1.82, 2.24) is 25.6 Å². The lowest BCUT2D eigenvalue weighted by Crippen LogP contribution is -2.37. The number of hydrogen-bond donors (Lipinski definition) is 2. The monoisotopic (exact) mass is 474 g/mol. The Morgan fingerprint density at radius 2 is 2.00 bits per heavy atom. The van der Waals surface area contributed by atoms with Gasteiger partial charge in [-0.3, -0.25) is 9.67 Å². The zero-order valence-electron chi connectivity index (χ0n) is 16.4. The number of nitrogens with zero attached hydrogens (tertiary/aromatic N) is 4. The molecule has 0 amide bonds. The third-order valence-electron chi connectivity index (χ3n) is 4.21. The number of guanidine groups is 1. The van der Waals surface area contributed by atoms with E-state index in [1.54, 1.807) is 7.05 Å². The minimum absolute atomic E-state index is 0. The Morgan fingerprint density at radius 3 is 2.58 bits per heavy atom. The van der Waals surface area contributed by atoms with Crippen LogP contribution in [0.2, 0.25) is 0 Å². The highest BCUT2D eigenvalue weighted by atomic mass is 127. The van der Waals surface area contributed by atoms with Gasteiger partial charge in [-0.2, -0.15) is 5.10 Å². The van der Waals surface area contributed by atoms with E-state index in [0.717, 1.165) is 61.0 Å². The number of rotatable bonds is 8. The van der Waals surface area contributed by atoms with E-state index in [-0.39, 0.29) is 24.0 Å². The summed E-state index contributed by atoms with van der Waals surface area (Å²) in [6.45, 7) is 10.7. The minimum atomic E-state index is 0. The molecular formula is C18H31IN6O. The molecule has 0 saturated heterocycles. The van der Waals surface area contributed by atoms with Crippen LogP contribution >= 0.6 is 24.0 Å². The first kappa shape index (κ1) is 22.5. The van der Waals surface area contributed by atoms with Gasteiger partial charge in [-0.1, -0.05) is 19.0 Å². The van der Waals surface area contributed by atoms with E-state index in [1.807, 2.05) is 11.6 Å². The average molecular weight is 474 g/mol. The highest BCUT2D eigenvalue weighted by molar-refractivity contribution is 14.0. The quantitative estimate of drug-likeness (QED) is 0.266. The van der Waals surface area contributed by atoms with Crippen LogP contribution in [0, 0.1) is 13.8 Å². The van der Waals surface area contributed by atoms with Crippen molar-refractivity contribution < 1.29 is 4.52 Å². The van der Waals surface area contributed by atoms with Gasteiger partial charge in [-0.05, 0) is 32.8 Å². The molecule has 7 nitrogen and oxygen atoms in total. The fourth-order valence-corrected chi connectivity index (χ4v) is 2.87. The first-order chi connectivity index (χ1) is 12.1. The van der Waals surface area contributed by atoms with Crippen LogP contribution in [0.15, 0.2) is 15.6 Å². The molecule has 0 fully saturated rings. The largest absolute Gasteiger partial charge is 0.361 e. The maximum absolute atomic E-state index is 5.40. The normalized spacial score (nSPS) is 11.3. The number of aliphatic imine (C=N–C) groups is 1. The van der Waals surface area contributed by atoms with Gasteiger partial charge in [0.1, 0.15) is 5.76 Å². The van der Waals surface area contributed by atoms with Crippen molar-refractivity contribution in [2.45, 2.75) is 60.0 Å². The lowest BCUT2D eigenvalue weighted by Gasteiger charge is -2.12. The molecule has 2 aromatic rings. The summed E-state index contributed by atoms with van der Waals surface area (Å²) >= 11 is 0. The molecule has 146 valence electrons. The van der Waals surface area contributed by atoms with Crippen LogP contribution in [-0.2, 0) is 25.9 Å². The molecule has 0 unspecified atom stereocenters. The molecule has 8 heteroatoms. The molecule has 0 bridgehead atoms. The van der Waals surface area contributed by atoms with Crippen LogP contribution in [0.3, 0.4) is 0 Å². The topological polar surface area (TPSA) is 80.3 Å². The summed E-state index contributed by atoms with van der Waals surface area (Å²) in [5.41, 5.74) is 4.43. The molecule has 2 N–H and O–H groups in total. The second-order valence-electron chi connectivity index (χ2n) is 6.09. The molecule has 2 rings (SSSR count). The molecule has 0 atom stereocenters. The van der Waals surface area contributed by atoms with Gasteiger partial charge < -0.3 is 15.2 Å². The predicted octanol–water partition coefficient (Wildman–Crippen LogP) is 2.99. The molecule has 0 radical (unpaired) electrons. The van der Waals surface area contributed by atoms with E-state index >= 15 is 0 Å². The van der Waals surface area contributed by atoms with Gasteiger partial charge in [0.05, 0.1) is 11.4 Å². The summed E-state index contributed by atoms with van der Waals surface area (Å²) in [4.78, 5) is 4.29. The van der Waals surface area contributed by atoms with Gasteiger partial charge >= 0.3 is 0 Å². The Labute approximate surface area is 173 Å². The van der Waals surface area contributed by atoms with Crippen LogP contribution in [-0.4, -0.2) is 34.5 Å². The fourth-order valence-electron chi connectivity index (χ4n) is 2.87. The van der Waals surface area contributed by atoms with Crippen LogP contribution in [0.4, 0.5) is 0 Å². The lowest BCUT2D eigenvalue weighted by atomic mass is 10.1. The van der Waals surface area contributed by atoms with Crippen LogP contribution < -0.4 is 10.6 Å². The molecular weight excluding hydrogens is 443 g/mol. The number of nitrogens with one attached hydrogen (secondary N) is 2. The van der Waals surface area contributed by atoms with Gasteiger partial charge in [0.25, 0.3) is 0 Å². The summed E-state index contributed by atoms with van der Waals surface area (Å²) < 4.78 is 7.45.